The van der Waals surface area contributed by atoms with Crippen molar-refractivity contribution in [1.29, 1.82) is 0 Å². The fourth-order valence-corrected chi connectivity index (χ4v) is 4.72. The molecule has 1 aliphatic heterocycles. The SMILES string of the molecule is CC(C)OC(=O)[C@H](C)/N=C/P(=O)(OC[C@H]1O[C@@H](n2ccc(=O)[nH]c2=O)C(C)(F)[C@H]1O)Oc1ccccc1. The molecule has 12 nitrogen and oxygen atoms in total. The molecule has 0 radical (unpaired) electrons. The predicted molar refractivity (Wildman–Crippen MR) is 131 cm³/mol. The van der Waals surface area contributed by atoms with Crippen LogP contribution in [-0.4, -0.2) is 63.2 Å². The Morgan fingerprint density at radius 2 is 1.97 bits per heavy atom. The van der Waals surface area contributed by atoms with Crippen LogP contribution in [0.3, 0.4) is 0 Å². The van der Waals surface area contributed by atoms with Gasteiger partial charge in [0, 0.05) is 12.3 Å². The number of nitrogens with one attached hydrogen (secondary N) is 1. The molecule has 0 spiro atoms. The quantitative estimate of drug-likeness (QED) is 0.261. The predicted octanol–water partition coefficient (Wildman–Crippen LogP) is 2.18. The summed E-state index contributed by atoms with van der Waals surface area (Å²) in [7, 11) is -4.23. The Kier molecular flexibility index (Phi) is 8.85. The van der Waals surface area contributed by atoms with E-state index in [2.05, 4.69) is 4.99 Å². The third-order valence-corrected chi connectivity index (χ3v) is 6.73. The lowest BCUT2D eigenvalue weighted by Crippen LogP contribution is -2.43. The third-order valence-electron chi connectivity index (χ3n) is 5.34. The van der Waals surface area contributed by atoms with Crippen LogP contribution in [0.5, 0.6) is 5.75 Å². The maximum Gasteiger partial charge on any atom is 0.421 e. The highest BCUT2D eigenvalue weighted by molar-refractivity contribution is 7.70. The monoisotopic (exact) mass is 541 g/mol. The van der Waals surface area contributed by atoms with Gasteiger partial charge in [-0.25, -0.2) is 18.5 Å². The standard InChI is InChI=1S/C23H29FN3O9P/c1-14(2)34-20(30)15(3)25-13-37(32,36-16-8-6-5-7-9-16)33-12-17-19(29)23(4,24)21(35-17)27-11-10-18(28)26-22(27)31/h5-11,13-15,17,19,21,29H,12H2,1-4H3,(H,26,28,31)/b25-13+/t15-,17+,19-,21+,23?,37?/m0/s1. The maximum absolute atomic E-state index is 15.4. The van der Waals surface area contributed by atoms with Gasteiger partial charge in [-0.05, 0) is 39.8 Å². The lowest BCUT2D eigenvalue weighted by molar-refractivity contribution is -0.148. The number of carbonyl (C=O) groups is 1. The summed E-state index contributed by atoms with van der Waals surface area (Å²) in [4.78, 5) is 41.5. The highest BCUT2D eigenvalue weighted by Crippen LogP contribution is 2.48. The smallest absolute Gasteiger partial charge is 0.421 e. The zero-order valence-electron chi connectivity index (χ0n) is 20.6. The van der Waals surface area contributed by atoms with Crippen molar-refractivity contribution in [3.63, 3.8) is 0 Å². The molecule has 0 amide bonds. The number of hydrogen-bond acceptors (Lipinski definition) is 10. The molecule has 6 atom stereocenters. The fourth-order valence-electron chi connectivity index (χ4n) is 3.42. The summed E-state index contributed by atoms with van der Waals surface area (Å²) >= 11 is 0. The lowest BCUT2D eigenvalue weighted by atomic mass is 9.98. The summed E-state index contributed by atoms with van der Waals surface area (Å²) in [6.07, 6.45) is -4.16. The highest BCUT2D eigenvalue weighted by Gasteiger charge is 2.55. The Hall–Kier alpha value is -3.12. The summed E-state index contributed by atoms with van der Waals surface area (Å²) in [5.74, 6) is 0.344. The first-order chi connectivity index (χ1) is 17.3. The number of aromatic nitrogens is 2. The van der Waals surface area contributed by atoms with E-state index in [1.54, 1.807) is 32.0 Å². The number of rotatable bonds is 10. The van der Waals surface area contributed by atoms with Crippen LogP contribution < -0.4 is 15.8 Å². The molecule has 202 valence electrons. The number of aliphatic hydroxyl groups is 1. The number of H-pyrrole nitrogens is 1. The van der Waals surface area contributed by atoms with E-state index in [-0.39, 0.29) is 11.9 Å². The van der Waals surface area contributed by atoms with Gasteiger partial charge < -0.3 is 19.1 Å². The molecule has 1 saturated heterocycles. The molecule has 1 aromatic carbocycles. The highest BCUT2D eigenvalue weighted by atomic mass is 31.2. The van der Waals surface area contributed by atoms with Crippen molar-refractivity contribution in [3.05, 3.63) is 63.4 Å². The van der Waals surface area contributed by atoms with Crippen LogP contribution in [0.1, 0.15) is 33.9 Å². The van der Waals surface area contributed by atoms with Crippen molar-refractivity contribution in [1.82, 2.24) is 9.55 Å². The molecule has 1 fully saturated rings. The molecule has 2 N–H and O–H groups in total. The first-order valence-electron chi connectivity index (χ1n) is 11.4. The number of para-hydroxylation sites is 1. The van der Waals surface area contributed by atoms with E-state index < -0.39 is 61.6 Å². The van der Waals surface area contributed by atoms with Gasteiger partial charge in [-0.15, -0.1) is 0 Å². The molecule has 3 rings (SSSR count). The van der Waals surface area contributed by atoms with Gasteiger partial charge in [0.25, 0.3) is 5.56 Å². The Morgan fingerprint density at radius 1 is 1.30 bits per heavy atom. The second kappa shape index (κ2) is 11.5. The van der Waals surface area contributed by atoms with Crippen LogP contribution >= 0.6 is 7.60 Å². The topological polar surface area (TPSA) is 159 Å². The number of benzene rings is 1. The van der Waals surface area contributed by atoms with Crippen LogP contribution in [0.2, 0.25) is 0 Å². The van der Waals surface area contributed by atoms with Gasteiger partial charge in [0.15, 0.2) is 11.9 Å². The van der Waals surface area contributed by atoms with Crippen LogP contribution in [0.15, 0.2) is 57.2 Å². The Morgan fingerprint density at radius 3 is 2.59 bits per heavy atom. The number of aromatic amines is 1. The number of aliphatic hydroxyl groups excluding tert-OH is 1. The summed E-state index contributed by atoms with van der Waals surface area (Å²) in [5, 5.41) is 10.6. The second-order valence-corrected chi connectivity index (χ2v) is 10.6. The second-order valence-electron chi connectivity index (χ2n) is 8.81. The molecule has 2 heterocycles. The van der Waals surface area contributed by atoms with Gasteiger partial charge in [0.2, 0.25) is 0 Å². The maximum atomic E-state index is 15.4. The summed E-state index contributed by atoms with van der Waals surface area (Å²) in [6.45, 7) is 5.15. The average Bonchev–Trinajstić information content (AvgIpc) is 3.05. The molecule has 0 saturated carbocycles. The number of nitrogens with zero attached hydrogens (tertiary/aromatic N) is 2. The summed E-state index contributed by atoms with van der Waals surface area (Å²) in [6, 6.07) is 7.96. The molecule has 1 aromatic heterocycles. The number of ether oxygens (including phenoxy) is 2. The van der Waals surface area contributed by atoms with E-state index in [1.807, 2.05) is 4.98 Å². The van der Waals surface area contributed by atoms with E-state index in [4.69, 9.17) is 18.5 Å². The van der Waals surface area contributed by atoms with Crippen molar-refractivity contribution in [2.24, 2.45) is 4.99 Å². The van der Waals surface area contributed by atoms with E-state index in [9.17, 15) is 24.1 Å². The van der Waals surface area contributed by atoms with Crippen molar-refractivity contribution in [2.75, 3.05) is 6.61 Å². The van der Waals surface area contributed by atoms with Gasteiger partial charge in [-0.2, -0.15) is 0 Å². The lowest BCUT2D eigenvalue weighted by Gasteiger charge is -2.24. The molecule has 2 unspecified atom stereocenters. The molecule has 2 aromatic rings. The first-order valence-corrected chi connectivity index (χ1v) is 13.0. The van der Waals surface area contributed by atoms with E-state index in [1.165, 1.54) is 19.1 Å². The van der Waals surface area contributed by atoms with Crippen LogP contribution in [0.4, 0.5) is 4.39 Å². The molecule has 1 aliphatic rings. The zero-order valence-corrected chi connectivity index (χ0v) is 21.5. The number of alkyl halides is 1. The van der Waals surface area contributed by atoms with Crippen LogP contribution in [0.25, 0.3) is 0 Å². The van der Waals surface area contributed by atoms with Gasteiger partial charge in [-0.3, -0.25) is 23.9 Å². The summed E-state index contributed by atoms with van der Waals surface area (Å²) in [5.41, 5.74) is -4.11. The van der Waals surface area contributed by atoms with Gasteiger partial charge in [0.1, 0.15) is 30.0 Å². The molecular formula is C23H29FN3O9P. The Labute approximate surface area is 211 Å². The van der Waals surface area contributed by atoms with Crippen LogP contribution in [-0.2, 0) is 23.4 Å². The molecule has 0 bridgehead atoms. The number of carbonyl (C=O) groups excluding carboxylic acids is 1. The van der Waals surface area contributed by atoms with E-state index in [0.29, 0.717) is 0 Å². The van der Waals surface area contributed by atoms with E-state index in [0.717, 1.165) is 29.7 Å². The largest absolute Gasteiger partial charge is 0.461 e. The van der Waals surface area contributed by atoms with Crippen molar-refractivity contribution < 1.29 is 37.4 Å². The normalized spacial score (nSPS) is 26.2. The van der Waals surface area contributed by atoms with Gasteiger partial charge >= 0.3 is 19.3 Å². The first kappa shape index (κ1) is 28.5. The molecule has 14 heteroatoms. The fraction of sp³-hybridized carbons (Fsp3) is 0.478. The minimum Gasteiger partial charge on any atom is -0.461 e. The van der Waals surface area contributed by atoms with Crippen LogP contribution in [0, 0.1) is 0 Å². The minimum absolute atomic E-state index is 0.163. The number of esters is 1. The number of hydrogen-bond donors (Lipinski definition) is 2. The average molecular weight is 541 g/mol. The molecular weight excluding hydrogens is 512 g/mol. The minimum atomic E-state index is -4.23. The van der Waals surface area contributed by atoms with Gasteiger partial charge in [-0.1, -0.05) is 18.2 Å². The summed E-state index contributed by atoms with van der Waals surface area (Å²) < 4.78 is 51.3. The zero-order chi connectivity index (χ0) is 27.4. The van der Waals surface area contributed by atoms with Gasteiger partial charge in [0.05, 0.1) is 12.7 Å². The molecule has 37 heavy (non-hydrogen) atoms. The van der Waals surface area contributed by atoms with Crippen molar-refractivity contribution in [3.8, 4) is 5.75 Å². The van der Waals surface area contributed by atoms with E-state index >= 15 is 4.39 Å². The molecule has 0 aliphatic carbocycles. The number of aliphatic imine (C=N–C) groups is 1. The Balaban J connectivity index is 1.81. The van der Waals surface area contributed by atoms with Crippen molar-refractivity contribution in [2.45, 2.75) is 63.9 Å². The van der Waals surface area contributed by atoms with Crippen molar-refractivity contribution >= 4 is 19.5 Å². The Bertz CT molecular complexity index is 1280. The number of halogens is 1. The third kappa shape index (κ3) is 7.01.